The summed E-state index contributed by atoms with van der Waals surface area (Å²) < 4.78 is 22.5. The van der Waals surface area contributed by atoms with E-state index in [0.29, 0.717) is 22.7 Å². The van der Waals surface area contributed by atoms with Crippen LogP contribution in [0.1, 0.15) is 20.8 Å². The molecule has 168 valence electrons. The van der Waals surface area contributed by atoms with Crippen molar-refractivity contribution in [3.05, 3.63) is 71.9 Å². The van der Waals surface area contributed by atoms with Gasteiger partial charge in [-0.25, -0.2) is 14.3 Å². The van der Waals surface area contributed by atoms with E-state index in [4.69, 9.17) is 24.0 Å². The zero-order chi connectivity index (χ0) is 23.5. The zero-order valence-electron chi connectivity index (χ0n) is 18.6. The number of nitrogens with zero attached hydrogens (tertiary/aromatic N) is 2. The third-order valence-corrected chi connectivity index (χ3v) is 5.30. The first-order valence-corrected chi connectivity index (χ1v) is 10.0. The van der Waals surface area contributed by atoms with Crippen LogP contribution in [0.3, 0.4) is 0 Å². The monoisotopic (exact) mass is 446 g/mol. The van der Waals surface area contributed by atoms with E-state index in [2.05, 4.69) is 0 Å². The van der Waals surface area contributed by atoms with Crippen LogP contribution >= 0.6 is 0 Å². The Labute approximate surface area is 190 Å². The number of para-hydroxylation sites is 1. The molecule has 3 aromatic carbocycles. The van der Waals surface area contributed by atoms with E-state index in [1.54, 1.807) is 37.4 Å². The molecular weight excluding hydrogens is 424 g/mol. The van der Waals surface area contributed by atoms with Gasteiger partial charge < -0.3 is 18.9 Å². The Morgan fingerprint density at radius 3 is 2.15 bits per heavy atom. The second-order valence-electron chi connectivity index (χ2n) is 7.03. The molecule has 1 aromatic heterocycles. The maximum Gasteiger partial charge on any atom is 0.357 e. The van der Waals surface area contributed by atoms with Crippen LogP contribution in [0.15, 0.2) is 60.7 Å². The highest BCUT2D eigenvalue weighted by atomic mass is 16.5. The van der Waals surface area contributed by atoms with Gasteiger partial charge in [0.15, 0.2) is 5.69 Å². The van der Waals surface area contributed by atoms with Crippen molar-refractivity contribution in [3.63, 3.8) is 0 Å². The molecule has 0 fully saturated rings. The first-order valence-electron chi connectivity index (χ1n) is 10.0. The molecule has 0 unspecified atom stereocenters. The summed E-state index contributed by atoms with van der Waals surface area (Å²) in [6, 6.07) is 18.2. The molecule has 0 amide bonds. The summed E-state index contributed by atoms with van der Waals surface area (Å²) in [7, 11) is 5.59. The lowest BCUT2D eigenvalue weighted by Gasteiger charge is -2.13. The summed E-state index contributed by atoms with van der Waals surface area (Å²) in [5.41, 5.74) is 1.25. The summed E-state index contributed by atoms with van der Waals surface area (Å²) in [5.74, 6) is -0.369. The van der Waals surface area contributed by atoms with Crippen molar-refractivity contribution >= 4 is 22.7 Å². The quantitative estimate of drug-likeness (QED) is 0.408. The third kappa shape index (κ3) is 3.76. The molecule has 1 heterocycles. The van der Waals surface area contributed by atoms with Gasteiger partial charge in [0.25, 0.3) is 0 Å². The van der Waals surface area contributed by atoms with E-state index in [-0.39, 0.29) is 17.0 Å². The largest absolute Gasteiger partial charge is 0.497 e. The van der Waals surface area contributed by atoms with Crippen LogP contribution in [0.2, 0.25) is 0 Å². The zero-order valence-corrected chi connectivity index (χ0v) is 18.6. The minimum atomic E-state index is -0.727. The number of esters is 2. The van der Waals surface area contributed by atoms with Crippen molar-refractivity contribution in [2.45, 2.75) is 0 Å². The fourth-order valence-electron chi connectivity index (χ4n) is 3.75. The Morgan fingerprint density at radius 1 is 0.818 bits per heavy atom. The molecule has 0 atom stereocenters. The molecule has 0 spiro atoms. The van der Waals surface area contributed by atoms with Crippen LogP contribution in [0.25, 0.3) is 27.7 Å². The van der Waals surface area contributed by atoms with Gasteiger partial charge in [0.1, 0.15) is 22.8 Å². The number of carbonyl (C=O) groups excluding carboxylic acids is 2. The summed E-state index contributed by atoms with van der Waals surface area (Å²) in [6.07, 6.45) is 0. The van der Waals surface area contributed by atoms with Gasteiger partial charge in [-0.3, -0.25) is 0 Å². The summed E-state index contributed by atoms with van der Waals surface area (Å²) in [6.45, 7) is 0. The second-order valence-corrected chi connectivity index (χ2v) is 7.03. The van der Waals surface area contributed by atoms with Gasteiger partial charge in [-0.15, -0.1) is 0 Å². The molecule has 0 radical (unpaired) electrons. The smallest absolute Gasteiger partial charge is 0.357 e. The van der Waals surface area contributed by atoms with Gasteiger partial charge in [-0.1, -0.05) is 30.3 Å². The van der Waals surface area contributed by atoms with Gasteiger partial charge in [-0.2, -0.15) is 5.10 Å². The van der Waals surface area contributed by atoms with Gasteiger partial charge >= 0.3 is 11.9 Å². The lowest BCUT2D eigenvalue weighted by molar-refractivity contribution is 0.0549. The maximum absolute atomic E-state index is 13.0. The van der Waals surface area contributed by atoms with Crippen LogP contribution in [-0.4, -0.2) is 50.2 Å². The van der Waals surface area contributed by atoms with E-state index in [1.807, 2.05) is 30.3 Å². The predicted molar refractivity (Wildman–Crippen MR) is 122 cm³/mol. The van der Waals surface area contributed by atoms with Gasteiger partial charge in [-0.05, 0) is 41.1 Å². The Bertz CT molecular complexity index is 1340. The molecular formula is C25H22N2O6. The standard InChI is InChI=1S/C25H22N2O6/c1-30-17-12-10-15-11-13-19(31-2)20(18(15)14-17)22-21(24(28)32-3)23(25(29)33-4)27(26-22)16-8-6-5-7-9-16/h5-14H,1-4H3. The number of benzene rings is 3. The number of carbonyl (C=O) groups is 2. The molecule has 0 saturated heterocycles. The maximum atomic E-state index is 13.0. The summed E-state index contributed by atoms with van der Waals surface area (Å²) >= 11 is 0. The number of methoxy groups -OCH3 is 4. The molecule has 33 heavy (non-hydrogen) atoms. The average molecular weight is 446 g/mol. The Kier molecular flexibility index (Phi) is 5.99. The van der Waals surface area contributed by atoms with Crippen molar-refractivity contribution in [1.29, 1.82) is 0 Å². The summed E-state index contributed by atoms with van der Waals surface area (Å²) in [4.78, 5) is 25.9. The number of rotatable bonds is 6. The van der Waals surface area contributed by atoms with E-state index in [1.165, 1.54) is 26.0 Å². The Balaban J connectivity index is 2.17. The number of ether oxygens (including phenoxy) is 4. The van der Waals surface area contributed by atoms with Crippen molar-refractivity contribution in [1.82, 2.24) is 9.78 Å². The molecule has 0 aliphatic heterocycles. The molecule has 0 bridgehead atoms. The lowest BCUT2D eigenvalue weighted by atomic mass is 9.97. The number of fused-ring (bicyclic) bond motifs is 1. The molecule has 8 nitrogen and oxygen atoms in total. The fourth-order valence-corrected chi connectivity index (χ4v) is 3.75. The molecule has 0 N–H and O–H groups in total. The average Bonchev–Trinajstić information content (AvgIpc) is 3.27. The first-order chi connectivity index (χ1) is 16.0. The molecule has 8 heteroatoms. The van der Waals surface area contributed by atoms with E-state index in [0.717, 1.165) is 10.8 Å². The van der Waals surface area contributed by atoms with Crippen molar-refractivity contribution < 1.29 is 28.5 Å². The lowest BCUT2D eigenvalue weighted by Crippen LogP contribution is -2.15. The highest BCUT2D eigenvalue weighted by Gasteiger charge is 2.33. The van der Waals surface area contributed by atoms with Crippen molar-refractivity contribution in [3.8, 4) is 28.4 Å². The van der Waals surface area contributed by atoms with Gasteiger partial charge in [0.05, 0.1) is 39.7 Å². The molecule has 0 aliphatic carbocycles. The number of hydrogen-bond acceptors (Lipinski definition) is 7. The SMILES string of the molecule is COC(=O)c1c(-c2c(OC)ccc3ccc(OC)cc23)nn(-c2ccccc2)c1C(=O)OC. The van der Waals surface area contributed by atoms with Crippen LogP contribution < -0.4 is 9.47 Å². The van der Waals surface area contributed by atoms with Crippen molar-refractivity contribution in [2.24, 2.45) is 0 Å². The highest BCUT2D eigenvalue weighted by molar-refractivity contribution is 6.10. The molecule has 4 rings (SSSR count). The Hall–Kier alpha value is -4.33. The number of aromatic nitrogens is 2. The van der Waals surface area contributed by atoms with E-state index < -0.39 is 11.9 Å². The highest BCUT2D eigenvalue weighted by Crippen LogP contribution is 2.41. The van der Waals surface area contributed by atoms with E-state index >= 15 is 0 Å². The third-order valence-electron chi connectivity index (χ3n) is 5.30. The normalized spacial score (nSPS) is 10.7. The van der Waals surface area contributed by atoms with E-state index in [9.17, 15) is 9.59 Å². The van der Waals surface area contributed by atoms with Crippen LogP contribution in [0.5, 0.6) is 11.5 Å². The molecule has 0 aliphatic rings. The number of hydrogen-bond donors (Lipinski definition) is 0. The minimum Gasteiger partial charge on any atom is -0.497 e. The fraction of sp³-hybridized carbons (Fsp3) is 0.160. The first kappa shape index (κ1) is 21.9. The van der Waals surface area contributed by atoms with Crippen LogP contribution in [0.4, 0.5) is 0 Å². The molecule has 0 saturated carbocycles. The summed E-state index contributed by atoms with van der Waals surface area (Å²) in [5, 5.41) is 6.30. The second kappa shape index (κ2) is 9.04. The topological polar surface area (TPSA) is 88.9 Å². The predicted octanol–water partition coefficient (Wildman–Crippen LogP) is 4.28. The van der Waals surface area contributed by atoms with Crippen molar-refractivity contribution in [2.75, 3.05) is 28.4 Å². The Morgan fingerprint density at radius 2 is 1.52 bits per heavy atom. The van der Waals surface area contributed by atoms with Gasteiger partial charge in [0, 0.05) is 0 Å². The minimum absolute atomic E-state index is 0.0261. The van der Waals surface area contributed by atoms with Crippen LogP contribution in [0, 0.1) is 0 Å². The van der Waals surface area contributed by atoms with Gasteiger partial charge in [0.2, 0.25) is 0 Å². The molecule has 4 aromatic rings. The van der Waals surface area contributed by atoms with Crippen LogP contribution in [-0.2, 0) is 9.47 Å².